The Hall–Kier alpha value is -2.45. The number of anilines is 1. The van der Waals surface area contributed by atoms with Crippen molar-refractivity contribution in [3.8, 4) is 0 Å². The summed E-state index contributed by atoms with van der Waals surface area (Å²) in [5.41, 5.74) is 1.90. The van der Waals surface area contributed by atoms with Gasteiger partial charge in [-0.2, -0.15) is 0 Å². The summed E-state index contributed by atoms with van der Waals surface area (Å²) in [7, 11) is 1.43. The van der Waals surface area contributed by atoms with Crippen LogP contribution in [0, 0.1) is 11.7 Å². The smallest absolute Gasteiger partial charge is 0.361 e. The highest BCUT2D eigenvalue weighted by Gasteiger charge is 2.36. The Morgan fingerprint density at radius 2 is 1.79 bits per heavy atom. The molecule has 1 heterocycles. The first-order chi connectivity index (χ1) is 15.9. The van der Waals surface area contributed by atoms with Crippen molar-refractivity contribution in [2.45, 2.75) is 25.7 Å². The Morgan fingerprint density at radius 3 is 2.42 bits per heavy atom. The standard InChI is InChI=1S/C25H31BrFN3O3/c1-33-24(31)19-30(16-12-21(13-17-30)18-20-6-3-2-4-7-20)15-5-14-28-25(32)29(26)23-10-8-22(27)9-11-23/h2-4,6-11,21H,5,12-19H2,1H3/p+1. The highest BCUT2D eigenvalue weighted by atomic mass is 79.9. The molecule has 6 nitrogen and oxygen atoms in total. The van der Waals surface area contributed by atoms with Crippen LogP contribution in [0.1, 0.15) is 24.8 Å². The number of ether oxygens (including phenoxy) is 1. The number of halogens is 2. The number of carbonyl (C=O) groups is 2. The van der Waals surface area contributed by atoms with Gasteiger partial charge in [-0.1, -0.05) is 30.3 Å². The minimum atomic E-state index is -0.354. The summed E-state index contributed by atoms with van der Waals surface area (Å²) in [6.45, 7) is 3.51. The van der Waals surface area contributed by atoms with Gasteiger partial charge in [-0.05, 0) is 55.0 Å². The number of urea groups is 1. The Labute approximate surface area is 203 Å². The zero-order valence-electron chi connectivity index (χ0n) is 19.0. The van der Waals surface area contributed by atoms with Gasteiger partial charge < -0.3 is 14.5 Å². The third kappa shape index (κ3) is 7.54. The zero-order valence-corrected chi connectivity index (χ0v) is 20.6. The third-order valence-electron chi connectivity index (χ3n) is 6.40. The number of piperidine rings is 1. The molecule has 0 bridgehead atoms. The van der Waals surface area contributed by atoms with Gasteiger partial charge in [-0.25, -0.2) is 17.9 Å². The molecule has 1 saturated heterocycles. The van der Waals surface area contributed by atoms with Crippen LogP contribution in [-0.2, 0) is 16.0 Å². The Kier molecular flexibility index (Phi) is 9.26. The number of hydrogen-bond acceptors (Lipinski definition) is 3. The maximum Gasteiger partial charge on any atom is 0.361 e. The Balaban J connectivity index is 1.49. The second kappa shape index (κ2) is 12.1. The molecule has 1 fully saturated rings. The van der Waals surface area contributed by atoms with Crippen molar-refractivity contribution in [2.75, 3.05) is 43.8 Å². The van der Waals surface area contributed by atoms with Gasteiger partial charge in [0.1, 0.15) is 5.82 Å². The summed E-state index contributed by atoms with van der Waals surface area (Å²) in [5.74, 6) is 0.0735. The summed E-state index contributed by atoms with van der Waals surface area (Å²) in [6, 6.07) is 15.9. The van der Waals surface area contributed by atoms with Gasteiger partial charge in [-0.15, -0.1) is 0 Å². The Morgan fingerprint density at radius 1 is 1.12 bits per heavy atom. The second-order valence-corrected chi connectivity index (χ2v) is 9.43. The normalized spacial score (nSPS) is 20.2. The number of carbonyl (C=O) groups excluding carboxylic acids is 2. The van der Waals surface area contributed by atoms with Crippen LogP contribution in [0.5, 0.6) is 0 Å². The lowest BCUT2D eigenvalue weighted by Gasteiger charge is -2.43. The molecular formula is C25H32BrFN3O3+. The van der Waals surface area contributed by atoms with Gasteiger partial charge in [-0.3, -0.25) is 0 Å². The number of methoxy groups -OCH3 is 1. The van der Waals surface area contributed by atoms with Crippen molar-refractivity contribution in [1.82, 2.24) is 5.32 Å². The van der Waals surface area contributed by atoms with E-state index in [2.05, 4.69) is 45.7 Å². The second-order valence-electron chi connectivity index (χ2n) is 8.72. The first-order valence-electron chi connectivity index (χ1n) is 11.4. The van der Waals surface area contributed by atoms with Gasteiger partial charge in [0.15, 0.2) is 6.54 Å². The average Bonchev–Trinajstić information content (AvgIpc) is 2.84. The van der Waals surface area contributed by atoms with Gasteiger partial charge in [0.05, 0.1) is 48.6 Å². The van der Waals surface area contributed by atoms with Crippen LogP contribution in [0.3, 0.4) is 0 Å². The summed E-state index contributed by atoms with van der Waals surface area (Å²) >= 11 is 3.22. The molecule has 2 aromatic carbocycles. The predicted octanol–water partition coefficient (Wildman–Crippen LogP) is 4.68. The number of quaternary nitrogens is 1. The third-order valence-corrected chi connectivity index (χ3v) is 7.13. The van der Waals surface area contributed by atoms with Crippen LogP contribution in [0.25, 0.3) is 0 Å². The fourth-order valence-electron chi connectivity index (χ4n) is 4.49. The average molecular weight is 521 g/mol. The molecule has 2 amide bonds. The molecule has 0 aromatic heterocycles. The zero-order chi connectivity index (χ0) is 23.7. The molecule has 33 heavy (non-hydrogen) atoms. The predicted molar refractivity (Wildman–Crippen MR) is 130 cm³/mol. The monoisotopic (exact) mass is 520 g/mol. The lowest BCUT2D eigenvalue weighted by Crippen LogP contribution is -2.56. The molecule has 0 atom stereocenters. The number of nitrogens with zero attached hydrogens (tertiary/aromatic N) is 2. The van der Waals surface area contributed by atoms with Gasteiger partial charge in [0.2, 0.25) is 0 Å². The van der Waals surface area contributed by atoms with Crippen LogP contribution in [0.2, 0.25) is 0 Å². The van der Waals surface area contributed by atoms with E-state index in [1.807, 2.05) is 6.07 Å². The molecular weight excluding hydrogens is 489 g/mol. The molecule has 1 N–H and O–H groups in total. The van der Waals surface area contributed by atoms with Crippen LogP contribution in [0.15, 0.2) is 54.6 Å². The van der Waals surface area contributed by atoms with Crippen molar-refractivity contribution < 1.29 is 23.2 Å². The number of hydrogen-bond donors (Lipinski definition) is 1. The van der Waals surface area contributed by atoms with E-state index in [0.717, 1.165) is 45.3 Å². The molecule has 1 aliphatic rings. The van der Waals surface area contributed by atoms with E-state index >= 15 is 0 Å². The lowest BCUT2D eigenvalue weighted by molar-refractivity contribution is -0.927. The largest absolute Gasteiger partial charge is 0.465 e. The van der Waals surface area contributed by atoms with Crippen molar-refractivity contribution in [1.29, 1.82) is 0 Å². The van der Waals surface area contributed by atoms with Crippen molar-refractivity contribution in [3.05, 3.63) is 66.0 Å². The van der Waals surface area contributed by atoms with Gasteiger partial charge >= 0.3 is 12.0 Å². The number of amides is 2. The summed E-state index contributed by atoms with van der Waals surface area (Å²) in [6.07, 6.45) is 3.95. The van der Waals surface area contributed by atoms with E-state index in [4.69, 9.17) is 4.74 Å². The van der Waals surface area contributed by atoms with Crippen LogP contribution >= 0.6 is 16.1 Å². The molecule has 2 aromatic rings. The number of rotatable bonds is 9. The first-order valence-corrected chi connectivity index (χ1v) is 12.1. The maximum absolute atomic E-state index is 13.1. The van der Waals surface area contributed by atoms with Gasteiger partial charge in [0.25, 0.3) is 0 Å². The SMILES string of the molecule is COC(=O)C[N+]1(CCCNC(=O)N(Br)c2ccc(F)cc2)CCC(Cc2ccccc2)CC1. The number of likely N-dealkylation sites (tertiary alicyclic amines) is 1. The van der Waals surface area contributed by atoms with Crippen LogP contribution in [0.4, 0.5) is 14.9 Å². The number of esters is 1. The highest BCUT2D eigenvalue weighted by Crippen LogP contribution is 2.27. The minimum Gasteiger partial charge on any atom is -0.465 e. The van der Waals surface area contributed by atoms with E-state index in [9.17, 15) is 14.0 Å². The molecule has 0 saturated carbocycles. The Bertz CT molecular complexity index is 903. The van der Waals surface area contributed by atoms with Crippen LogP contribution < -0.4 is 9.24 Å². The summed E-state index contributed by atoms with van der Waals surface area (Å²) in [5, 5.41) is 2.88. The van der Waals surface area contributed by atoms with Crippen LogP contribution in [-0.4, -0.2) is 56.3 Å². The molecule has 0 unspecified atom stereocenters. The van der Waals surface area contributed by atoms with Crippen molar-refractivity contribution in [2.24, 2.45) is 5.92 Å². The fourth-order valence-corrected chi connectivity index (χ4v) is 4.85. The van der Waals surface area contributed by atoms with E-state index < -0.39 is 0 Å². The number of nitrogens with one attached hydrogen (secondary N) is 1. The molecule has 1 aliphatic heterocycles. The molecule has 0 radical (unpaired) electrons. The first kappa shape index (κ1) is 25.2. The molecule has 3 rings (SSSR count). The molecule has 178 valence electrons. The summed E-state index contributed by atoms with van der Waals surface area (Å²) in [4.78, 5) is 24.5. The topological polar surface area (TPSA) is 58.6 Å². The molecule has 0 aliphatic carbocycles. The van der Waals surface area contributed by atoms with E-state index in [1.165, 1.54) is 40.9 Å². The van der Waals surface area contributed by atoms with Crippen molar-refractivity contribution in [3.63, 3.8) is 0 Å². The van der Waals surface area contributed by atoms with E-state index in [0.29, 0.717) is 29.2 Å². The van der Waals surface area contributed by atoms with E-state index in [1.54, 1.807) is 0 Å². The quantitative estimate of drug-likeness (QED) is 0.226. The van der Waals surface area contributed by atoms with E-state index in [-0.39, 0.29) is 17.8 Å². The molecule has 0 spiro atoms. The number of benzene rings is 2. The molecule has 8 heteroatoms. The summed E-state index contributed by atoms with van der Waals surface area (Å²) < 4.78 is 20.0. The maximum atomic E-state index is 13.1. The lowest BCUT2D eigenvalue weighted by atomic mass is 9.88. The van der Waals surface area contributed by atoms with Gasteiger partial charge in [0, 0.05) is 13.0 Å². The minimum absolute atomic E-state index is 0.191. The highest BCUT2D eigenvalue weighted by molar-refractivity contribution is 9.10. The van der Waals surface area contributed by atoms with Crippen molar-refractivity contribution >= 4 is 33.8 Å². The fraction of sp³-hybridized carbons (Fsp3) is 0.440.